The highest BCUT2D eigenvalue weighted by molar-refractivity contribution is 5.80. The van der Waals surface area contributed by atoms with Crippen molar-refractivity contribution in [3.05, 3.63) is 48.7 Å². The van der Waals surface area contributed by atoms with Gasteiger partial charge in [0.1, 0.15) is 0 Å². The summed E-state index contributed by atoms with van der Waals surface area (Å²) in [6.07, 6.45) is 1.79. The summed E-state index contributed by atoms with van der Waals surface area (Å²) in [6.45, 7) is 0. The van der Waals surface area contributed by atoms with Gasteiger partial charge in [0.15, 0.2) is 0 Å². The molecular formula is C15H15N5. The third-order valence-corrected chi connectivity index (χ3v) is 3.07. The van der Waals surface area contributed by atoms with E-state index in [4.69, 9.17) is 0 Å². The van der Waals surface area contributed by atoms with Crippen LogP contribution >= 0.6 is 0 Å². The lowest BCUT2D eigenvalue weighted by Gasteiger charge is -2.11. The van der Waals surface area contributed by atoms with E-state index in [0.29, 0.717) is 0 Å². The number of anilines is 1. The number of aromatic amines is 1. The molecule has 3 aromatic rings. The summed E-state index contributed by atoms with van der Waals surface area (Å²) in [5.74, 6) is 0. The first-order valence-corrected chi connectivity index (χ1v) is 6.35. The Morgan fingerprint density at radius 3 is 2.40 bits per heavy atom. The fourth-order valence-corrected chi connectivity index (χ4v) is 1.92. The largest absolute Gasteiger partial charge is 0.378 e. The lowest BCUT2D eigenvalue weighted by Crippen LogP contribution is -2.07. The van der Waals surface area contributed by atoms with Gasteiger partial charge >= 0.3 is 0 Å². The average molecular weight is 265 g/mol. The maximum atomic E-state index is 4.24. The topological polar surface area (TPSA) is 56.6 Å². The normalized spacial score (nSPS) is 11.3. The first kappa shape index (κ1) is 12.3. The van der Waals surface area contributed by atoms with E-state index >= 15 is 0 Å². The maximum absolute atomic E-state index is 4.24. The van der Waals surface area contributed by atoms with E-state index in [2.05, 4.69) is 20.4 Å². The number of azo groups is 1. The van der Waals surface area contributed by atoms with E-state index < -0.39 is 0 Å². The van der Waals surface area contributed by atoms with Crippen LogP contribution in [0.1, 0.15) is 0 Å². The Kier molecular flexibility index (Phi) is 3.16. The lowest BCUT2D eigenvalue weighted by atomic mass is 10.2. The van der Waals surface area contributed by atoms with E-state index in [-0.39, 0.29) is 0 Å². The van der Waals surface area contributed by atoms with Crippen LogP contribution in [0.5, 0.6) is 0 Å². The van der Waals surface area contributed by atoms with Crippen LogP contribution in [0.15, 0.2) is 58.9 Å². The van der Waals surface area contributed by atoms with Crippen LogP contribution in [0.2, 0.25) is 0 Å². The number of fused-ring (bicyclic) bond motifs is 1. The van der Waals surface area contributed by atoms with Crippen molar-refractivity contribution in [2.45, 2.75) is 0 Å². The zero-order valence-electron chi connectivity index (χ0n) is 11.4. The first-order valence-electron chi connectivity index (χ1n) is 6.35. The number of aromatic nitrogens is 2. The predicted molar refractivity (Wildman–Crippen MR) is 81.0 cm³/mol. The molecule has 0 bridgehead atoms. The van der Waals surface area contributed by atoms with Crippen molar-refractivity contribution in [1.29, 1.82) is 0 Å². The minimum Gasteiger partial charge on any atom is -0.378 e. The van der Waals surface area contributed by atoms with Crippen LogP contribution in [0.3, 0.4) is 0 Å². The molecule has 1 N–H and O–H groups in total. The smallest absolute Gasteiger partial charge is 0.0878 e. The standard InChI is InChI=1S/C15H15N5/c1-20(2)14-7-5-12(6-8-14)17-18-13-4-3-11-10-16-19-15(11)9-13/h3-10H,1-2H3,(H,16,19). The van der Waals surface area contributed by atoms with E-state index in [9.17, 15) is 0 Å². The van der Waals surface area contributed by atoms with Gasteiger partial charge in [-0.05, 0) is 42.5 Å². The highest BCUT2D eigenvalue weighted by Crippen LogP contribution is 2.23. The molecule has 100 valence electrons. The van der Waals surface area contributed by atoms with Gasteiger partial charge in [-0.3, -0.25) is 5.10 Å². The second kappa shape index (κ2) is 5.13. The van der Waals surface area contributed by atoms with Crippen LogP contribution in [0.4, 0.5) is 17.1 Å². The molecule has 0 aliphatic rings. The Hall–Kier alpha value is -2.69. The molecule has 0 unspecified atom stereocenters. The summed E-state index contributed by atoms with van der Waals surface area (Å²) in [4.78, 5) is 2.05. The van der Waals surface area contributed by atoms with E-state index in [1.807, 2.05) is 61.5 Å². The number of nitrogens with one attached hydrogen (secondary N) is 1. The van der Waals surface area contributed by atoms with Gasteiger partial charge < -0.3 is 4.90 Å². The molecule has 0 radical (unpaired) electrons. The molecule has 0 saturated carbocycles. The number of nitrogens with zero attached hydrogens (tertiary/aromatic N) is 4. The molecule has 0 amide bonds. The van der Waals surface area contributed by atoms with Gasteiger partial charge in [-0.1, -0.05) is 0 Å². The average Bonchev–Trinajstić information content (AvgIpc) is 2.93. The zero-order chi connectivity index (χ0) is 13.9. The molecule has 0 fully saturated rings. The molecular weight excluding hydrogens is 250 g/mol. The Bertz CT molecular complexity index is 740. The van der Waals surface area contributed by atoms with Crippen molar-refractivity contribution in [3.63, 3.8) is 0 Å². The van der Waals surface area contributed by atoms with Crippen LogP contribution in [-0.2, 0) is 0 Å². The van der Waals surface area contributed by atoms with Crippen molar-refractivity contribution in [3.8, 4) is 0 Å². The Morgan fingerprint density at radius 2 is 1.65 bits per heavy atom. The second-order valence-electron chi connectivity index (χ2n) is 4.75. The highest BCUT2D eigenvalue weighted by atomic mass is 15.1. The third kappa shape index (κ3) is 2.51. The molecule has 0 saturated heterocycles. The molecule has 20 heavy (non-hydrogen) atoms. The number of rotatable bonds is 3. The van der Waals surface area contributed by atoms with Gasteiger partial charge in [-0.25, -0.2) is 0 Å². The summed E-state index contributed by atoms with van der Waals surface area (Å²) >= 11 is 0. The summed E-state index contributed by atoms with van der Waals surface area (Å²) < 4.78 is 0. The summed E-state index contributed by atoms with van der Waals surface area (Å²) in [5, 5.41) is 16.5. The monoisotopic (exact) mass is 265 g/mol. The Balaban J connectivity index is 1.82. The van der Waals surface area contributed by atoms with Crippen LogP contribution in [-0.4, -0.2) is 24.3 Å². The molecule has 5 nitrogen and oxygen atoms in total. The molecule has 0 spiro atoms. The minimum absolute atomic E-state index is 0.804. The van der Waals surface area contributed by atoms with Gasteiger partial charge in [0.25, 0.3) is 0 Å². The first-order chi connectivity index (χ1) is 9.72. The van der Waals surface area contributed by atoms with E-state index in [1.54, 1.807) is 6.20 Å². The zero-order valence-corrected chi connectivity index (χ0v) is 11.4. The molecule has 0 atom stereocenters. The molecule has 2 aromatic carbocycles. The fourth-order valence-electron chi connectivity index (χ4n) is 1.92. The Morgan fingerprint density at radius 1 is 0.950 bits per heavy atom. The van der Waals surface area contributed by atoms with Gasteiger partial charge in [0.05, 0.1) is 23.1 Å². The third-order valence-electron chi connectivity index (χ3n) is 3.07. The van der Waals surface area contributed by atoms with E-state index in [1.165, 1.54) is 0 Å². The van der Waals surface area contributed by atoms with Crippen LogP contribution < -0.4 is 4.90 Å². The number of H-pyrrole nitrogens is 1. The highest BCUT2D eigenvalue weighted by Gasteiger charge is 1.98. The van der Waals surface area contributed by atoms with Crippen molar-refractivity contribution in [1.82, 2.24) is 10.2 Å². The maximum Gasteiger partial charge on any atom is 0.0878 e. The molecule has 1 aromatic heterocycles. The molecule has 0 aliphatic carbocycles. The fraction of sp³-hybridized carbons (Fsp3) is 0.133. The SMILES string of the molecule is CN(C)c1ccc(N=Nc2ccc3cn[nH]c3c2)cc1. The number of benzene rings is 2. The van der Waals surface area contributed by atoms with Crippen molar-refractivity contribution in [2.75, 3.05) is 19.0 Å². The minimum atomic E-state index is 0.804. The lowest BCUT2D eigenvalue weighted by molar-refractivity contribution is 1.12. The molecule has 3 rings (SSSR count). The number of hydrogen-bond donors (Lipinski definition) is 1. The predicted octanol–water partition coefficient (Wildman–Crippen LogP) is 4.04. The van der Waals surface area contributed by atoms with Crippen molar-refractivity contribution < 1.29 is 0 Å². The van der Waals surface area contributed by atoms with Crippen molar-refractivity contribution in [2.24, 2.45) is 10.2 Å². The quantitative estimate of drug-likeness (QED) is 0.726. The molecule has 5 heteroatoms. The second-order valence-corrected chi connectivity index (χ2v) is 4.75. The number of hydrogen-bond acceptors (Lipinski definition) is 4. The van der Waals surface area contributed by atoms with Gasteiger partial charge in [-0.2, -0.15) is 15.3 Å². The summed E-state index contributed by atoms with van der Waals surface area (Å²) in [7, 11) is 4.02. The Labute approximate surface area is 117 Å². The van der Waals surface area contributed by atoms with Crippen LogP contribution in [0, 0.1) is 0 Å². The molecule has 0 aliphatic heterocycles. The van der Waals surface area contributed by atoms with Gasteiger partial charge in [0, 0.05) is 25.2 Å². The summed E-state index contributed by atoms with van der Waals surface area (Å²) in [6, 6.07) is 13.8. The molecule has 1 heterocycles. The summed E-state index contributed by atoms with van der Waals surface area (Å²) in [5.41, 5.74) is 3.74. The van der Waals surface area contributed by atoms with Crippen molar-refractivity contribution >= 4 is 28.0 Å². The van der Waals surface area contributed by atoms with Gasteiger partial charge in [-0.15, -0.1) is 0 Å². The van der Waals surface area contributed by atoms with E-state index in [0.717, 1.165) is 28.0 Å². The van der Waals surface area contributed by atoms with Crippen LogP contribution in [0.25, 0.3) is 10.9 Å². The van der Waals surface area contributed by atoms with Gasteiger partial charge in [0.2, 0.25) is 0 Å².